The maximum absolute atomic E-state index is 12.9. The lowest BCUT2D eigenvalue weighted by Gasteiger charge is -2.23. The van der Waals surface area contributed by atoms with Crippen LogP contribution in [0.5, 0.6) is 0 Å². The molecule has 0 saturated heterocycles. The van der Waals surface area contributed by atoms with Crippen LogP contribution in [0.15, 0.2) is 48.5 Å². The lowest BCUT2D eigenvalue weighted by atomic mass is 9.81. The van der Waals surface area contributed by atoms with Crippen molar-refractivity contribution in [2.75, 3.05) is 6.61 Å². The van der Waals surface area contributed by atoms with Gasteiger partial charge in [0.15, 0.2) is 5.78 Å². The normalized spacial score (nSPS) is 12.5. The minimum atomic E-state index is -0.881. The topological polar surface area (TPSA) is 43.4 Å². The molecule has 0 aliphatic heterocycles. The van der Waals surface area contributed by atoms with E-state index in [-0.39, 0.29) is 17.8 Å². The van der Waals surface area contributed by atoms with Crippen molar-refractivity contribution in [1.29, 1.82) is 0 Å². The Morgan fingerprint density at radius 2 is 1.74 bits per heavy atom. The molecular weight excluding hydrogens is 360 g/mol. The maximum Gasteiger partial charge on any atom is 0.317 e. The number of ketones is 1. The second-order valence-corrected chi connectivity index (χ2v) is 7.75. The summed E-state index contributed by atoms with van der Waals surface area (Å²) in [5, 5.41) is 0.467. The number of esters is 1. The number of carbonyl (C=O) groups is 2. The number of halogens is 1. The number of Topliss-reactive ketones (excluding diaryl/α,β-unsaturated/α-hetero) is 1. The van der Waals surface area contributed by atoms with E-state index in [0.717, 1.165) is 12.0 Å². The highest BCUT2D eigenvalue weighted by molar-refractivity contribution is 6.31. The first-order valence-electron chi connectivity index (χ1n) is 9.34. The molecule has 1 atom stereocenters. The van der Waals surface area contributed by atoms with E-state index in [1.165, 1.54) is 5.56 Å². The molecule has 0 N–H and O–H groups in total. The van der Waals surface area contributed by atoms with E-state index in [2.05, 4.69) is 32.9 Å². The highest BCUT2D eigenvalue weighted by Gasteiger charge is 2.29. The molecule has 0 bridgehead atoms. The van der Waals surface area contributed by atoms with Crippen LogP contribution in [0.2, 0.25) is 5.02 Å². The van der Waals surface area contributed by atoms with Crippen LogP contribution in [0.1, 0.15) is 55.6 Å². The smallest absolute Gasteiger partial charge is 0.317 e. The van der Waals surface area contributed by atoms with Crippen molar-refractivity contribution in [3.05, 3.63) is 70.2 Å². The summed E-state index contributed by atoms with van der Waals surface area (Å²) in [6.07, 6.45) is 1.34. The van der Waals surface area contributed by atoms with Gasteiger partial charge in [-0.15, -0.1) is 0 Å². The van der Waals surface area contributed by atoms with Gasteiger partial charge in [-0.3, -0.25) is 9.59 Å². The monoisotopic (exact) mass is 386 g/mol. The zero-order chi connectivity index (χ0) is 20.0. The summed E-state index contributed by atoms with van der Waals surface area (Å²) in [6, 6.07) is 14.8. The van der Waals surface area contributed by atoms with Gasteiger partial charge in [0.1, 0.15) is 5.92 Å². The van der Waals surface area contributed by atoms with Crippen LogP contribution < -0.4 is 0 Å². The van der Waals surface area contributed by atoms with Crippen LogP contribution >= 0.6 is 11.6 Å². The molecule has 2 rings (SSSR count). The van der Waals surface area contributed by atoms with E-state index in [9.17, 15) is 9.59 Å². The molecule has 0 aliphatic carbocycles. The van der Waals surface area contributed by atoms with Crippen LogP contribution in [0, 0.1) is 5.92 Å². The summed E-state index contributed by atoms with van der Waals surface area (Å²) < 4.78 is 5.15. The summed E-state index contributed by atoms with van der Waals surface area (Å²) in [7, 11) is 0. The average molecular weight is 387 g/mol. The molecular formula is C23H27ClO3. The summed E-state index contributed by atoms with van der Waals surface area (Å²) >= 11 is 6.00. The van der Waals surface area contributed by atoms with Crippen molar-refractivity contribution in [2.24, 2.45) is 5.92 Å². The van der Waals surface area contributed by atoms with Crippen molar-refractivity contribution in [1.82, 2.24) is 0 Å². The van der Waals surface area contributed by atoms with Gasteiger partial charge < -0.3 is 4.74 Å². The van der Waals surface area contributed by atoms with E-state index in [0.29, 0.717) is 17.0 Å². The Morgan fingerprint density at radius 1 is 1.07 bits per heavy atom. The van der Waals surface area contributed by atoms with Crippen molar-refractivity contribution in [3.63, 3.8) is 0 Å². The van der Waals surface area contributed by atoms with E-state index < -0.39 is 11.9 Å². The Hall–Kier alpha value is -2.13. The first-order valence-corrected chi connectivity index (χ1v) is 9.72. The van der Waals surface area contributed by atoms with Gasteiger partial charge in [-0.05, 0) is 48.4 Å². The van der Waals surface area contributed by atoms with Crippen LogP contribution in [0.25, 0.3) is 0 Å². The summed E-state index contributed by atoms with van der Waals surface area (Å²) in [6.45, 7) is 8.54. The first kappa shape index (κ1) is 21.2. The number of carbonyl (C=O) groups excluding carboxylic acids is 2. The fourth-order valence-electron chi connectivity index (χ4n) is 2.90. The van der Waals surface area contributed by atoms with Gasteiger partial charge >= 0.3 is 5.97 Å². The Labute approximate surface area is 166 Å². The fourth-order valence-corrected chi connectivity index (χ4v) is 3.09. The summed E-state index contributed by atoms with van der Waals surface area (Å²) in [5.74, 6) is -1.65. The molecule has 0 aromatic heterocycles. The SMILES string of the molecule is CCOC(=O)C(Cc1ccc(C(C)(C)CC)cc1)C(=O)c1cccc(Cl)c1. The predicted molar refractivity (Wildman–Crippen MR) is 109 cm³/mol. The lowest BCUT2D eigenvalue weighted by Crippen LogP contribution is -2.28. The Morgan fingerprint density at radius 3 is 2.30 bits per heavy atom. The largest absolute Gasteiger partial charge is 0.465 e. The van der Waals surface area contributed by atoms with E-state index in [1.807, 2.05) is 12.1 Å². The molecule has 0 heterocycles. The third-order valence-electron chi connectivity index (χ3n) is 5.06. The number of ether oxygens (including phenoxy) is 1. The Bertz CT molecular complexity index is 794. The molecule has 0 saturated carbocycles. The van der Waals surface area contributed by atoms with Crippen molar-refractivity contribution in [2.45, 2.75) is 46.0 Å². The Balaban J connectivity index is 2.27. The van der Waals surface area contributed by atoms with Crippen LogP contribution in [0.3, 0.4) is 0 Å². The molecule has 0 aliphatic rings. The van der Waals surface area contributed by atoms with Gasteiger partial charge in [0.2, 0.25) is 0 Å². The van der Waals surface area contributed by atoms with E-state index in [4.69, 9.17) is 16.3 Å². The quantitative estimate of drug-likeness (QED) is 0.335. The first-order chi connectivity index (χ1) is 12.8. The molecule has 1 unspecified atom stereocenters. The molecule has 3 nitrogen and oxygen atoms in total. The molecule has 0 spiro atoms. The Kier molecular flexibility index (Phi) is 7.20. The van der Waals surface area contributed by atoms with Crippen molar-refractivity contribution < 1.29 is 14.3 Å². The van der Waals surface area contributed by atoms with Crippen molar-refractivity contribution in [3.8, 4) is 0 Å². The van der Waals surface area contributed by atoms with Gasteiger partial charge in [-0.25, -0.2) is 0 Å². The highest BCUT2D eigenvalue weighted by atomic mass is 35.5. The van der Waals surface area contributed by atoms with Gasteiger partial charge in [0.25, 0.3) is 0 Å². The molecule has 0 fully saturated rings. The van der Waals surface area contributed by atoms with Crippen LogP contribution in [0.4, 0.5) is 0 Å². The molecule has 0 radical (unpaired) electrons. The standard InChI is InChI=1S/C23H27ClO3/c1-5-23(3,4)18-12-10-16(11-13-18)14-20(22(26)27-6-2)21(25)17-8-7-9-19(24)15-17/h7-13,15,20H,5-6,14H2,1-4H3. The van der Waals surface area contributed by atoms with Crippen LogP contribution in [-0.4, -0.2) is 18.4 Å². The minimum Gasteiger partial charge on any atom is -0.465 e. The predicted octanol–water partition coefficient (Wildman–Crippen LogP) is 5.63. The number of hydrogen-bond acceptors (Lipinski definition) is 3. The van der Waals surface area contributed by atoms with E-state index >= 15 is 0 Å². The molecule has 2 aromatic carbocycles. The second-order valence-electron chi connectivity index (χ2n) is 7.32. The zero-order valence-electron chi connectivity index (χ0n) is 16.4. The molecule has 27 heavy (non-hydrogen) atoms. The maximum atomic E-state index is 12.9. The second kappa shape index (κ2) is 9.18. The molecule has 144 valence electrons. The zero-order valence-corrected chi connectivity index (χ0v) is 17.2. The number of hydrogen-bond donors (Lipinski definition) is 0. The molecule has 2 aromatic rings. The fraction of sp³-hybridized carbons (Fsp3) is 0.391. The van der Waals surface area contributed by atoms with Gasteiger partial charge in [-0.1, -0.05) is 68.8 Å². The van der Waals surface area contributed by atoms with Crippen LogP contribution in [-0.2, 0) is 21.4 Å². The van der Waals surface area contributed by atoms with E-state index in [1.54, 1.807) is 31.2 Å². The summed E-state index contributed by atoms with van der Waals surface area (Å²) in [5.41, 5.74) is 2.68. The molecule has 0 amide bonds. The highest BCUT2D eigenvalue weighted by Crippen LogP contribution is 2.27. The number of rotatable bonds is 8. The summed E-state index contributed by atoms with van der Waals surface area (Å²) in [4.78, 5) is 25.4. The molecule has 4 heteroatoms. The van der Waals surface area contributed by atoms with Gasteiger partial charge in [0.05, 0.1) is 6.61 Å². The minimum absolute atomic E-state index is 0.0929. The third kappa shape index (κ3) is 5.43. The van der Waals surface area contributed by atoms with Crippen molar-refractivity contribution >= 4 is 23.4 Å². The average Bonchev–Trinajstić information content (AvgIpc) is 2.66. The van der Waals surface area contributed by atoms with Gasteiger partial charge in [-0.2, -0.15) is 0 Å². The number of benzene rings is 2. The third-order valence-corrected chi connectivity index (χ3v) is 5.29. The lowest BCUT2D eigenvalue weighted by molar-refractivity contribution is -0.146. The van der Waals surface area contributed by atoms with Gasteiger partial charge in [0, 0.05) is 10.6 Å².